The highest BCUT2D eigenvalue weighted by atomic mass is 32.2. The fourth-order valence-electron chi connectivity index (χ4n) is 3.53. The molecular weight excluding hydrogens is 406 g/mol. The first-order valence-electron chi connectivity index (χ1n) is 9.29. The number of nitrogens with zero attached hydrogens (tertiary/aromatic N) is 2. The van der Waals surface area contributed by atoms with Gasteiger partial charge in [-0.3, -0.25) is 9.78 Å². The molecule has 2 atom stereocenters. The van der Waals surface area contributed by atoms with E-state index in [0.29, 0.717) is 6.42 Å². The normalized spacial score (nSPS) is 18.0. The minimum atomic E-state index is -3.78. The molecule has 2 unspecified atom stereocenters. The van der Waals surface area contributed by atoms with Crippen LogP contribution in [0.1, 0.15) is 29.7 Å². The predicted octanol–water partition coefficient (Wildman–Crippen LogP) is 3.14. The average Bonchev–Trinajstić information content (AvgIpc) is 3.29. The van der Waals surface area contributed by atoms with Gasteiger partial charge in [0.15, 0.2) is 0 Å². The van der Waals surface area contributed by atoms with E-state index < -0.39 is 16.1 Å². The zero-order valence-corrected chi connectivity index (χ0v) is 17.5. The predicted molar refractivity (Wildman–Crippen MR) is 112 cm³/mol. The van der Waals surface area contributed by atoms with E-state index in [1.54, 1.807) is 29.9 Å². The Labute approximate surface area is 174 Å². The molecular formula is C21H21N3O3S2. The number of hydrogen-bond acceptors (Lipinski definition) is 5. The lowest BCUT2D eigenvalue weighted by atomic mass is 9.95. The summed E-state index contributed by atoms with van der Waals surface area (Å²) < 4.78 is 28.1. The molecule has 29 heavy (non-hydrogen) atoms. The van der Waals surface area contributed by atoms with Crippen molar-refractivity contribution in [1.29, 1.82) is 0 Å². The van der Waals surface area contributed by atoms with Gasteiger partial charge in [0.2, 0.25) is 5.91 Å². The summed E-state index contributed by atoms with van der Waals surface area (Å²) in [4.78, 5) is 17.3. The molecule has 150 valence electrons. The summed E-state index contributed by atoms with van der Waals surface area (Å²) in [5, 5.41) is 4.69. The Kier molecular flexibility index (Phi) is 5.49. The number of carbonyl (C=O) groups is 1. The van der Waals surface area contributed by atoms with Gasteiger partial charge in [-0.2, -0.15) is 4.31 Å². The van der Waals surface area contributed by atoms with Gasteiger partial charge in [-0.1, -0.05) is 36.4 Å². The molecule has 3 heterocycles. The lowest BCUT2D eigenvalue weighted by Gasteiger charge is -2.35. The zero-order chi connectivity index (χ0) is 20.4. The van der Waals surface area contributed by atoms with Crippen molar-refractivity contribution in [3.63, 3.8) is 0 Å². The molecule has 0 aliphatic carbocycles. The van der Waals surface area contributed by atoms with E-state index >= 15 is 0 Å². The van der Waals surface area contributed by atoms with Crippen molar-refractivity contribution in [3.8, 4) is 0 Å². The molecule has 0 saturated carbocycles. The van der Waals surface area contributed by atoms with Crippen LogP contribution in [0, 0.1) is 0 Å². The van der Waals surface area contributed by atoms with E-state index in [-0.39, 0.29) is 22.7 Å². The number of nitrogens with one attached hydrogen (secondary N) is 1. The third-order valence-corrected chi connectivity index (χ3v) is 8.34. The first kappa shape index (κ1) is 19.8. The van der Waals surface area contributed by atoms with Crippen molar-refractivity contribution in [2.45, 2.75) is 36.2 Å². The quantitative estimate of drug-likeness (QED) is 0.678. The van der Waals surface area contributed by atoms with Crippen LogP contribution in [-0.2, 0) is 27.8 Å². The van der Waals surface area contributed by atoms with Crippen molar-refractivity contribution in [1.82, 2.24) is 14.6 Å². The smallest absolute Gasteiger partial charge is 0.253 e. The molecule has 0 radical (unpaired) electrons. The van der Waals surface area contributed by atoms with Gasteiger partial charge in [-0.05, 0) is 47.5 Å². The molecule has 0 fully saturated rings. The number of hydrogen-bond donors (Lipinski definition) is 1. The molecule has 1 aliphatic heterocycles. The number of benzene rings is 1. The molecule has 6 nitrogen and oxygen atoms in total. The van der Waals surface area contributed by atoms with Gasteiger partial charge in [0.1, 0.15) is 10.3 Å². The Morgan fingerprint density at radius 2 is 1.97 bits per heavy atom. The zero-order valence-electron chi connectivity index (χ0n) is 15.9. The molecule has 0 bridgehead atoms. The van der Waals surface area contributed by atoms with Gasteiger partial charge in [-0.25, -0.2) is 8.42 Å². The van der Waals surface area contributed by atoms with Gasteiger partial charge >= 0.3 is 0 Å². The van der Waals surface area contributed by atoms with Crippen molar-refractivity contribution in [2.75, 3.05) is 0 Å². The summed E-state index contributed by atoms with van der Waals surface area (Å²) in [6.45, 7) is 2.04. The number of aromatic nitrogens is 1. The van der Waals surface area contributed by atoms with Crippen molar-refractivity contribution in [3.05, 3.63) is 83.0 Å². The molecule has 1 N–H and O–H groups in total. The summed E-state index contributed by atoms with van der Waals surface area (Å²) >= 11 is 1.16. The minimum absolute atomic E-state index is 0.176. The Balaban J connectivity index is 1.66. The average molecular weight is 428 g/mol. The Morgan fingerprint density at radius 1 is 1.17 bits per heavy atom. The Hall–Kier alpha value is -2.55. The molecule has 2 aromatic heterocycles. The number of thiophene rings is 1. The maximum Gasteiger partial charge on any atom is 0.253 e. The Bertz CT molecular complexity index is 1100. The fraction of sp³-hybridized carbons (Fsp3) is 0.238. The van der Waals surface area contributed by atoms with Crippen molar-refractivity contribution < 1.29 is 13.2 Å². The standard InChI is InChI=1S/C21H21N3O3S2/c1-15(17-8-4-10-22-13-17)23-21(25)19-12-16-6-2-3-7-18(16)14-24(19)29(26,27)20-9-5-11-28-20/h2-11,13,15,19H,12,14H2,1H3,(H,23,25). The van der Waals surface area contributed by atoms with Crippen LogP contribution in [0.5, 0.6) is 0 Å². The summed E-state index contributed by atoms with van der Waals surface area (Å²) in [6.07, 6.45) is 3.71. The van der Waals surface area contributed by atoms with E-state index in [1.807, 2.05) is 43.3 Å². The third kappa shape index (κ3) is 3.96. The van der Waals surface area contributed by atoms with Crippen LogP contribution in [0.2, 0.25) is 0 Å². The van der Waals surface area contributed by atoms with Gasteiger partial charge in [-0.15, -0.1) is 11.3 Å². The molecule has 0 saturated heterocycles. The summed E-state index contributed by atoms with van der Waals surface area (Å²) in [7, 11) is -3.78. The highest BCUT2D eigenvalue weighted by molar-refractivity contribution is 7.91. The fourth-order valence-corrected chi connectivity index (χ4v) is 6.21. The third-order valence-electron chi connectivity index (χ3n) is 5.11. The van der Waals surface area contributed by atoms with Crippen LogP contribution in [0.25, 0.3) is 0 Å². The second-order valence-corrected chi connectivity index (χ2v) is 10.1. The maximum absolute atomic E-state index is 13.3. The van der Waals surface area contributed by atoms with E-state index in [0.717, 1.165) is 28.0 Å². The van der Waals surface area contributed by atoms with Crippen LogP contribution in [0.3, 0.4) is 0 Å². The molecule has 0 spiro atoms. The number of amides is 1. The molecule has 1 amide bonds. The molecule has 8 heteroatoms. The van der Waals surface area contributed by atoms with Crippen molar-refractivity contribution >= 4 is 27.3 Å². The van der Waals surface area contributed by atoms with E-state index in [9.17, 15) is 13.2 Å². The minimum Gasteiger partial charge on any atom is -0.348 e. The summed E-state index contributed by atoms with van der Waals surface area (Å²) in [6, 6.07) is 13.6. The highest BCUT2D eigenvalue weighted by Crippen LogP contribution is 2.31. The van der Waals surface area contributed by atoms with Gasteiger partial charge < -0.3 is 5.32 Å². The largest absolute Gasteiger partial charge is 0.348 e. The summed E-state index contributed by atoms with van der Waals surface area (Å²) in [5.41, 5.74) is 2.79. The van der Waals surface area contributed by atoms with Gasteiger partial charge in [0.05, 0.1) is 6.04 Å². The SMILES string of the molecule is CC(NC(=O)C1Cc2ccccc2CN1S(=O)(=O)c1cccs1)c1cccnc1. The first-order chi connectivity index (χ1) is 14.0. The van der Waals surface area contributed by atoms with Crippen LogP contribution in [0.4, 0.5) is 0 Å². The van der Waals surface area contributed by atoms with E-state index in [4.69, 9.17) is 0 Å². The summed E-state index contributed by atoms with van der Waals surface area (Å²) in [5.74, 6) is -0.309. The van der Waals surface area contributed by atoms with Crippen LogP contribution < -0.4 is 5.32 Å². The van der Waals surface area contributed by atoms with Crippen LogP contribution in [-0.4, -0.2) is 29.7 Å². The number of carbonyl (C=O) groups excluding carboxylic acids is 1. The van der Waals surface area contributed by atoms with Gasteiger partial charge in [0.25, 0.3) is 10.0 Å². The number of fused-ring (bicyclic) bond motifs is 1. The number of sulfonamides is 1. The lowest BCUT2D eigenvalue weighted by Crippen LogP contribution is -2.52. The second kappa shape index (κ2) is 8.06. The molecule has 3 aromatic rings. The van der Waals surface area contributed by atoms with Crippen LogP contribution >= 0.6 is 11.3 Å². The maximum atomic E-state index is 13.3. The highest BCUT2D eigenvalue weighted by Gasteiger charge is 2.40. The molecule has 4 rings (SSSR count). The van der Waals surface area contributed by atoms with E-state index in [2.05, 4.69) is 10.3 Å². The first-order valence-corrected chi connectivity index (χ1v) is 11.6. The molecule has 1 aliphatic rings. The topological polar surface area (TPSA) is 79.4 Å². The van der Waals surface area contributed by atoms with Crippen molar-refractivity contribution in [2.24, 2.45) is 0 Å². The van der Waals surface area contributed by atoms with Gasteiger partial charge in [0, 0.05) is 18.9 Å². The Morgan fingerprint density at radius 3 is 2.66 bits per heavy atom. The number of rotatable bonds is 5. The van der Waals surface area contributed by atoms with E-state index in [1.165, 1.54) is 4.31 Å². The molecule has 1 aromatic carbocycles. The number of pyridine rings is 1. The van der Waals surface area contributed by atoms with Crippen LogP contribution in [0.15, 0.2) is 70.5 Å². The second-order valence-electron chi connectivity index (χ2n) is 6.99. The monoisotopic (exact) mass is 427 g/mol. The lowest BCUT2D eigenvalue weighted by molar-refractivity contribution is -0.125.